The fourth-order valence-electron chi connectivity index (χ4n) is 1.52. The van der Waals surface area contributed by atoms with Crippen molar-refractivity contribution in [3.05, 3.63) is 17.5 Å². The molecule has 3 nitrogen and oxygen atoms in total. The average Bonchev–Trinajstić information content (AvgIpc) is 2.62. The van der Waals surface area contributed by atoms with Crippen molar-refractivity contribution < 1.29 is 0 Å². The van der Waals surface area contributed by atoms with Crippen LogP contribution in [0.5, 0.6) is 0 Å². The molecule has 0 N–H and O–H groups in total. The monoisotopic (exact) mass is 225 g/mol. The molecular weight excluding hydrogens is 210 g/mol. The van der Waals surface area contributed by atoms with Crippen molar-refractivity contribution >= 4 is 11.6 Å². The second-order valence-corrected chi connectivity index (χ2v) is 3.88. The van der Waals surface area contributed by atoms with E-state index in [-0.39, 0.29) is 0 Å². The van der Waals surface area contributed by atoms with Crippen LogP contribution < -0.4 is 0 Å². The van der Waals surface area contributed by atoms with E-state index in [1.807, 2.05) is 10.7 Å². The molecule has 0 aromatic carbocycles. The maximum atomic E-state index is 8.77. The minimum Gasteiger partial charge on any atom is -0.268 e. The van der Waals surface area contributed by atoms with Gasteiger partial charge in [-0.15, -0.1) is 11.6 Å². The molecular formula is C11H16ClN3. The van der Waals surface area contributed by atoms with Crippen LogP contribution in [-0.2, 0) is 13.0 Å². The molecule has 0 amide bonds. The van der Waals surface area contributed by atoms with Crippen molar-refractivity contribution in [3.8, 4) is 6.07 Å². The highest BCUT2D eigenvalue weighted by Gasteiger charge is 2.06. The Bertz CT molecular complexity index is 338. The smallest absolute Gasteiger partial charge is 0.162 e. The number of alkyl halides is 1. The molecule has 0 saturated heterocycles. The van der Waals surface area contributed by atoms with Gasteiger partial charge in [-0.05, 0) is 31.7 Å². The lowest BCUT2D eigenvalue weighted by Crippen LogP contribution is -2.04. The first kappa shape index (κ1) is 12.1. The first-order valence-corrected chi connectivity index (χ1v) is 5.88. The van der Waals surface area contributed by atoms with Gasteiger partial charge in [-0.3, -0.25) is 4.68 Å². The van der Waals surface area contributed by atoms with Gasteiger partial charge in [0, 0.05) is 18.1 Å². The highest BCUT2D eigenvalue weighted by atomic mass is 35.5. The fourth-order valence-corrected chi connectivity index (χ4v) is 1.71. The molecule has 1 rings (SSSR count). The van der Waals surface area contributed by atoms with Gasteiger partial charge in [-0.1, -0.05) is 6.92 Å². The summed E-state index contributed by atoms with van der Waals surface area (Å²) >= 11 is 5.63. The van der Waals surface area contributed by atoms with E-state index in [0.717, 1.165) is 37.9 Å². The van der Waals surface area contributed by atoms with E-state index < -0.39 is 0 Å². The van der Waals surface area contributed by atoms with Gasteiger partial charge in [0.05, 0.1) is 0 Å². The predicted molar refractivity (Wildman–Crippen MR) is 60.9 cm³/mol. The van der Waals surface area contributed by atoms with Gasteiger partial charge in [-0.2, -0.15) is 10.4 Å². The number of unbranched alkanes of at least 4 members (excludes halogenated alkanes) is 1. The van der Waals surface area contributed by atoms with E-state index in [1.165, 1.54) is 0 Å². The van der Waals surface area contributed by atoms with Crippen LogP contribution in [0.4, 0.5) is 0 Å². The second kappa shape index (κ2) is 6.47. The normalized spacial score (nSPS) is 10.2. The maximum Gasteiger partial charge on any atom is 0.162 e. The van der Waals surface area contributed by atoms with Gasteiger partial charge < -0.3 is 0 Å². The average molecular weight is 226 g/mol. The Morgan fingerprint density at radius 1 is 1.53 bits per heavy atom. The minimum atomic E-state index is 0.518. The molecule has 4 heteroatoms. The van der Waals surface area contributed by atoms with Gasteiger partial charge in [0.25, 0.3) is 0 Å². The Hall–Kier alpha value is -1.01. The van der Waals surface area contributed by atoms with Crippen LogP contribution in [0.25, 0.3) is 0 Å². The Balaban J connectivity index is 2.66. The van der Waals surface area contributed by atoms with E-state index in [1.54, 1.807) is 0 Å². The summed E-state index contributed by atoms with van der Waals surface area (Å²) in [7, 11) is 0. The van der Waals surface area contributed by atoms with Gasteiger partial charge in [0.15, 0.2) is 5.69 Å². The number of rotatable bonds is 6. The lowest BCUT2D eigenvalue weighted by Gasteiger charge is -2.04. The Morgan fingerprint density at radius 3 is 2.93 bits per heavy atom. The van der Waals surface area contributed by atoms with E-state index in [0.29, 0.717) is 11.6 Å². The summed E-state index contributed by atoms with van der Waals surface area (Å²) in [4.78, 5) is 0. The van der Waals surface area contributed by atoms with Crippen LogP contribution in [0.1, 0.15) is 37.6 Å². The highest BCUT2D eigenvalue weighted by Crippen LogP contribution is 2.09. The highest BCUT2D eigenvalue weighted by molar-refractivity contribution is 6.17. The lowest BCUT2D eigenvalue weighted by molar-refractivity contribution is 0.564. The SMILES string of the molecule is CCCn1nc(C#N)cc1CCCCCl. The quantitative estimate of drug-likeness (QED) is 0.552. The number of hydrogen-bond acceptors (Lipinski definition) is 2. The summed E-state index contributed by atoms with van der Waals surface area (Å²) in [6, 6.07) is 3.96. The number of aryl methyl sites for hydroxylation is 2. The largest absolute Gasteiger partial charge is 0.268 e. The number of halogens is 1. The fraction of sp³-hybridized carbons (Fsp3) is 0.636. The van der Waals surface area contributed by atoms with Crippen molar-refractivity contribution in [2.75, 3.05) is 5.88 Å². The summed E-state index contributed by atoms with van der Waals surface area (Å²) in [6.45, 7) is 2.99. The molecule has 0 bridgehead atoms. The van der Waals surface area contributed by atoms with Crippen molar-refractivity contribution in [1.29, 1.82) is 5.26 Å². The van der Waals surface area contributed by atoms with Crippen LogP contribution in [0.15, 0.2) is 6.07 Å². The predicted octanol–water partition coefficient (Wildman–Crippen LogP) is 2.73. The molecule has 0 saturated carbocycles. The summed E-state index contributed by atoms with van der Waals surface area (Å²) < 4.78 is 1.94. The van der Waals surface area contributed by atoms with Gasteiger partial charge in [0.2, 0.25) is 0 Å². The Morgan fingerprint density at radius 2 is 2.33 bits per heavy atom. The lowest BCUT2D eigenvalue weighted by atomic mass is 10.2. The first-order valence-electron chi connectivity index (χ1n) is 5.34. The van der Waals surface area contributed by atoms with Gasteiger partial charge >= 0.3 is 0 Å². The zero-order valence-electron chi connectivity index (χ0n) is 9.04. The number of hydrogen-bond donors (Lipinski definition) is 0. The Labute approximate surface area is 95.7 Å². The first-order chi connectivity index (χ1) is 7.31. The van der Waals surface area contributed by atoms with E-state index in [2.05, 4.69) is 18.1 Å². The minimum absolute atomic E-state index is 0.518. The Kier molecular flexibility index (Phi) is 5.20. The molecule has 0 unspecified atom stereocenters. The van der Waals surface area contributed by atoms with Crippen molar-refractivity contribution in [2.24, 2.45) is 0 Å². The molecule has 0 spiro atoms. The van der Waals surface area contributed by atoms with Gasteiger partial charge in [-0.25, -0.2) is 0 Å². The van der Waals surface area contributed by atoms with Crippen molar-refractivity contribution in [3.63, 3.8) is 0 Å². The maximum absolute atomic E-state index is 8.77. The molecule has 0 aliphatic carbocycles. The molecule has 0 radical (unpaired) electrons. The molecule has 1 aromatic heterocycles. The standard InChI is InChI=1S/C11H16ClN3/c1-2-7-15-11(5-3-4-6-12)8-10(9-13)14-15/h8H,2-7H2,1H3. The number of aromatic nitrogens is 2. The topological polar surface area (TPSA) is 41.6 Å². The second-order valence-electron chi connectivity index (χ2n) is 3.50. The van der Waals surface area contributed by atoms with E-state index in [9.17, 15) is 0 Å². The van der Waals surface area contributed by atoms with Crippen LogP contribution in [-0.4, -0.2) is 15.7 Å². The van der Waals surface area contributed by atoms with Crippen LogP contribution in [0, 0.1) is 11.3 Å². The molecule has 82 valence electrons. The molecule has 0 aliphatic rings. The summed E-state index contributed by atoms with van der Waals surface area (Å²) in [5.74, 6) is 0.701. The zero-order chi connectivity index (χ0) is 11.1. The summed E-state index contributed by atoms with van der Waals surface area (Å²) in [6.07, 6.45) is 4.07. The molecule has 0 aliphatic heterocycles. The van der Waals surface area contributed by atoms with Crippen LogP contribution >= 0.6 is 11.6 Å². The third-order valence-corrected chi connectivity index (χ3v) is 2.50. The summed E-state index contributed by atoms with van der Waals surface area (Å²) in [5.41, 5.74) is 1.67. The molecule has 15 heavy (non-hydrogen) atoms. The summed E-state index contributed by atoms with van der Waals surface area (Å²) in [5, 5.41) is 13.0. The van der Waals surface area contributed by atoms with E-state index >= 15 is 0 Å². The third-order valence-electron chi connectivity index (χ3n) is 2.23. The van der Waals surface area contributed by atoms with Crippen molar-refractivity contribution in [1.82, 2.24) is 9.78 Å². The molecule has 1 heterocycles. The number of nitrogens with zero attached hydrogens (tertiary/aromatic N) is 3. The number of nitriles is 1. The van der Waals surface area contributed by atoms with Gasteiger partial charge in [0.1, 0.15) is 6.07 Å². The van der Waals surface area contributed by atoms with Crippen molar-refractivity contribution in [2.45, 2.75) is 39.2 Å². The molecule has 1 aromatic rings. The van der Waals surface area contributed by atoms with E-state index in [4.69, 9.17) is 16.9 Å². The zero-order valence-corrected chi connectivity index (χ0v) is 9.80. The van der Waals surface area contributed by atoms with Crippen LogP contribution in [0.2, 0.25) is 0 Å². The molecule has 0 atom stereocenters. The molecule has 0 fully saturated rings. The third kappa shape index (κ3) is 3.56. The van der Waals surface area contributed by atoms with Crippen LogP contribution in [0.3, 0.4) is 0 Å².